The van der Waals surface area contributed by atoms with Gasteiger partial charge in [0.2, 0.25) is 5.66 Å². The number of Topliss-reactive ketones (excluding diaryl/α,β-unsaturated/α-hetero) is 1. The molecule has 16 heavy (non-hydrogen) atoms. The van der Waals surface area contributed by atoms with Crippen molar-refractivity contribution in [2.24, 2.45) is 0 Å². The summed E-state index contributed by atoms with van der Waals surface area (Å²) in [5, 5.41) is 8.18. The van der Waals surface area contributed by atoms with Crippen LogP contribution < -0.4 is 16.0 Å². The fourth-order valence-electron chi connectivity index (χ4n) is 1.37. The Kier molecular flexibility index (Phi) is 6.17. The Balaban J connectivity index is 5.08. The van der Waals surface area contributed by atoms with Gasteiger partial charge in [-0.25, -0.2) is 4.79 Å². The lowest BCUT2D eigenvalue weighted by Crippen LogP contribution is -2.69. The highest BCUT2D eigenvalue weighted by molar-refractivity contribution is 6.10. The maximum Gasteiger partial charge on any atom is 0.349 e. The first-order chi connectivity index (χ1) is 7.49. The van der Waals surface area contributed by atoms with Crippen LogP contribution in [0.5, 0.6) is 0 Å². The minimum atomic E-state index is -1.49. The number of likely N-dealkylation sites (N-methyl/N-ethyl adjacent to an activating group) is 3. The summed E-state index contributed by atoms with van der Waals surface area (Å²) in [5.74, 6) is -0.925. The van der Waals surface area contributed by atoms with E-state index in [1.165, 1.54) is 14.1 Å². The summed E-state index contributed by atoms with van der Waals surface area (Å²) in [6, 6.07) is -0.454. The molecule has 0 aliphatic rings. The van der Waals surface area contributed by atoms with Crippen molar-refractivity contribution >= 4 is 11.8 Å². The van der Waals surface area contributed by atoms with Gasteiger partial charge >= 0.3 is 5.97 Å². The molecule has 0 aromatic rings. The zero-order valence-corrected chi connectivity index (χ0v) is 10.5. The third-order valence-electron chi connectivity index (χ3n) is 2.53. The molecule has 0 amide bonds. The average Bonchev–Trinajstić information content (AvgIpc) is 2.30. The third kappa shape index (κ3) is 2.78. The molecule has 1 atom stereocenters. The van der Waals surface area contributed by atoms with E-state index >= 15 is 0 Å². The zero-order valence-electron chi connectivity index (χ0n) is 10.5. The number of esters is 1. The second-order valence-electron chi connectivity index (χ2n) is 3.35. The number of nitrogens with one attached hydrogen (secondary N) is 3. The molecule has 6 heteroatoms. The monoisotopic (exact) mass is 231 g/mol. The van der Waals surface area contributed by atoms with Gasteiger partial charge in [-0.3, -0.25) is 15.4 Å². The van der Waals surface area contributed by atoms with Crippen LogP contribution in [0.4, 0.5) is 0 Å². The van der Waals surface area contributed by atoms with Crippen LogP contribution in [0.3, 0.4) is 0 Å². The van der Waals surface area contributed by atoms with Gasteiger partial charge in [0.1, 0.15) is 0 Å². The molecule has 0 aromatic heterocycles. The quantitative estimate of drug-likeness (QED) is 0.292. The highest BCUT2D eigenvalue weighted by atomic mass is 16.5. The minimum Gasteiger partial charge on any atom is -0.463 e. The normalized spacial score (nSPS) is 13.3. The molecule has 0 heterocycles. The van der Waals surface area contributed by atoms with E-state index in [0.29, 0.717) is 0 Å². The van der Waals surface area contributed by atoms with Crippen LogP contribution in [-0.2, 0) is 14.3 Å². The molecule has 0 saturated heterocycles. The lowest BCUT2D eigenvalue weighted by molar-refractivity contribution is -0.157. The number of hydrogen-bond donors (Lipinski definition) is 3. The van der Waals surface area contributed by atoms with E-state index in [0.717, 1.165) is 0 Å². The average molecular weight is 231 g/mol. The molecule has 0 bridgehead atoms. The van der Waals surface area contributed by atoms with Crippen LogP contribution in [-0.4, -0.2) is 51.2 Å². The summed E-state index contributed by atoms with van der Waals surface area (Å²) in [4.78, 5) is 23.9. The molecule has 0 fully saturated rings. The summed E-state index contributed by atoms with van der Waals surface area (Å²) in [7, 11) is 4.73. The third-order valence-corrected chi connectivity index (χ3v) is 2.53. The van der Waals surface area contributed by atoms with Gasteiger partial charge in [0.05, 0.1) is 12.6 Å². The molecular formula is C10H21N3O3. The van der Waals surface area contributed by atoms with E-state index in [1.54, 1.807) is 20.9 Å². The number of carbonyl (C=O) groups excluding carboxylic acids is 2. The zero-order chi connectivity index (χ0) is 12.8. The number of ether oxygens (including phenoxy) is 1. The molecule has 0 radical (unpaired) electrons. The lowest BCUT2D eigenvalue weighted by atomic mass is 9.99. The maximum atomic E-state index is 12.1. The fraction of sp³-hybridized carbons (Fsp3) is 0.800. The predicted octanol–water partition coefficient (Wildman–Crippen LogP) is -1.14. The van der Waals surface area contributed by atoms with Crippen LogP contribution >= 0.6 is 0 Å². The highest BCUT2D eigenvalue weighted by Crippen LogP contribution is 2.07. The van der Waals surface area contributed by atoms with Crippen LogP contribution in [0.1, 0.15) is 13.8 Å². The molecule has 6 nitrogen and oxygen atoms in total. The standard InChI is InChI=1S/C10H21N3O3/c1-6-16-9(15)10(12-4,13-5)8(14)7(2)11-3/h7,11-13H,6H2,1-5H3. The molecule has 94 valence electrons. The Labute approximate surface area is 96.1 Å². The maximum absolute atomic E-state index is 12.1. The second kappa shape index (κ2) is 6.57. The van der Waals surface area contributed by atoms with Crippen molar-refractivity contribution in [2.45, 2.75) is 25.6 Å². The summed E-state index contributed by atoms with van der Waals surface area (Å²) >= 11 is 0. The predicted molar refractivity (Wildman–Crippen MR) is 61.0 cm³/mol. The van der Waals surface area contributed by atoms with Gasteiger partial charge in [0.15, 0.2) is 5.78 Å². The van der Waals surface area contributed by atoms with Gasteiger partial charge in [0, 0.05) is 0 Å². The van der Waals surface area contributed by atoms with Crippen molar-refractivity contribution in [3.63, 3.8) is 0 Å². The molecule has 0 spiro atoms. The highest BCUT2D eigenvalue weighted by Gasteiger charge is 2.46. The van der Waals surface area contributed by atoms with E-state index in [9.17, 15) is 9.59 Å². The van der Waals surface area contributed by atoms with Gasteiger partial charge in [-0.1, -0.05) is 0 Å². The van der Waals surface area contributed by atoms with Gasteiger partial charge in [-0.05, 0) is 35.0 Å². The van der Waals surface area contributed by atoms with E-state index in [1.807, 2.05) is 0 Å². The van der Waals surface area contributed by atoms with Crippen molar-refractivity contribution < 1.29 is 14.3 Å². The van der Waals surface area contributed by atoms with E-state index < -0.39 is 17.7 Å². The van der Waals surface area contributed by atoms with Gasteiger partial charge < -0.3 is 10.1 Å². The smallest absolute Gasteiger partial charge is 0.349 e. The Morgan fingerprint density at radius 2 is 1.75 bits per heavy atom. The molecule has 0 aliphatic carbocycles. The molecule has 3 N–H and O–H groups in total. The molecule has 0 aromatic carbocycles. The Hall–Kier alpha value is -0.980. The van der Waals surface area contributed by atoms with Crippen molar-refractivity contribution in [3.8, 4) is 0 Å². The van der Waals surface area contributed by atoms with Gasteiger partial charge in [0.25, 0.3) is 0 Å². The Morgan fingerprint density at radius 1 is 1.25 bits per heavy atom. The van der Waals surface area contributed by atoms with Crippen molar-refractivity contribution in [2.75, 3.05) is 27.7 Å². The Morgan fingerprint density at radius 3 is 2.06 bits per heavy atom. The molecule has 1 unspecified atom stereocenters. The first kappa shape index (κ1) is 15.0. The SMILES string of the molecule is CCOC(=O)C(NC)(NC)C(=O)C(C)NC. The topological polar surface area (TPSA) is 79.5 Å². The van der Waals surface area contributed by atoms with Crippen molar-refractivity contribution in [1.82, 2.24) is 16.0 Å². The second-order valence-corrected chi connectivity index (χ2v) is 3.35. The van der Waals surface area contributed by atoms with Crippen LogP contribution in [0.2, 0.25) is 0 Å². The minimum absolute atomic E-state index is 0.227. The van der Waals surface area contributed by atoms with Crippen LogP contribution in [0, 0.1) is 0 Å². The summed E-state index contributed by atoms with van der Waals surface area (Å²) in [5.41, 5.74) is -1.49. The number of rotatable bonds is 7. The summed E-state index contributed by atoms with van der Waals surface area (Å²) in [6.45, 7) is 3.61. The molecule has 0 aliphatic heterocycles. The van der Waals surface area contributed by atoms with Crippen LogP contribution in [0.25, 0.3) is 0 Å². The van der Waals surface area contributed by atoms with E-state index in [4.69, 9.17) is 4.74 Å². The number of carbonyl (C=O) groups is 2. The summed E-state index contributed by atoms with van der Waals surface area (Å²) in [6.07, 6.45) is 0. The van der Waals surface area contributed by atoms with Gasteiger partial charge in [-0.15, -0.1) is 0 Å². The van der Waals surface area contributed by atoms with Crippen molar-refractivity contribution in [1.29, 1.82) is 0 Å². The summed E-state index contributed by atoms with van der Waals surface area (Å²) < 4.78 is 4.89. The van der Waals surface area contributed by atoms with Gasteiger partial charge in [-0.2, -0.15) is 0 Å². The van der Waals surface area contributed by atoms with Crippen molar-refractivity contribution in [3.05, 3.63) is 0 Å². The lowest BCUT2D eigenvalue weighted by Gasteiger charge is -2.31. The van der Waals surface area contributed by atoms with E-state index in [2.05, 4.69) is 16.0 Å². The Bertz CT molecular complexity index is 252. The number of ketones is 1. The first-order valence-corrected chi connectivity index (χ1v) is 5.26. The van der Waals surface area contributed by atoms with Crippen LogP contribution in [0.15, 0.2) is 0 Å². The molecule has 0 rings (SSSR count). The molecule has 0 saturated carbocycles. The largest absolute Gasteiger partial charge is 0.463 e. The first-order valence-electron chi connectivity index (χ1n) is 5.26. The fourth-order valence-corrected chi connectivity index (χ4v) is 1.37. The number of hydrogen-bond acceptors (Lipinski definition) is 6. The molecular weight excluding hydrogens is 210 g/mol. The van der Waals surface area contributed by atoms with E-state index in [-0.39, 0.29) is 12.4 Å².